The van der Waals surface area contributed by atoms with Gasteiger partial charge in [0.2, 0.25) is 0 Å². The predicted molar refractivity (Wildman–Crippen MR) is 98.3 cm³/mol. The molecule has 1 aromatic carbocycles. The number of rotatable bonds is 6. The molecule has 1 aromatic heterocycles. The van der Waals surface area contributed by atoms with Crippen molar-refractivity contribution >= 4 is 5.78 Å². The summed E-state index contributed by atoms with van der Waals surface area (Å²) in [6, 6.07) is 10.1. The van der Waals surface area contributed by atoms with E-state index in [1.54, 1.807) is 0 Å². The lowest BCUT2D eigenvalue weighted by Gasteiger charge is -2.32. The van der Waals surface area contributed by atoms with Crippen LogP contribution in [0.5, 0.6) is 0 Å². The number of nitrogens with zero attached hydrogens (tertiary/aromatic N) is 3. The number of aromatic nitrogens is 2. The summed E-state index contributed by atoms with van der Waals surface area (Å²) in [6.45, 7) is 2.92. The predicted octanol–water partition coefficient (Wildman–Crippen LogP) is 3.32. The Hall–Kier alpha value is -1.94. The Labute approximate surface area is 149 Å². The zero-order chi connectivity index (χ0) is 17.2. The van der Waals surface area contributed by atoms with Crippen molar-refractivity contribution in [3.05, 3.63) is 53.3 Å². The molecule has 2 fully saturated rings. The summed E-state index contributed by atoms with van der Waals surface area (Å²) in [5.41, 5.74) is 3.91. The molecule has 2 heterocycles. The lowest BCUT2D eigenvalue weighted by molar-refractivity contribution is -0.123. The molecule has 1 atom stereocenters. The van der Waals surface area contributed by atoms with Crippen LogP contribution in [0.25, 0.3) is 0 Å². The number of hydrogen-bond donors (Lipinski definition) is 0. The van der Waals surface area contributed by atoms with Gasteiger partial charge in [-0.2, -0.15) is 5.10 Å². The van der Waals surface area contributed by atoms with Crippen molar-refractivity contribution < 1.29 is 4.79 Å². The second-order valence-electron chi connectivity index (χ2n) is 7.66. The molecule has 0 amide bonds. The Kier molecular flexibility index (Phi) is 4.71. The molecule has 132 valence electrons. The molecule has 4 nitrogen and oxygen atoms in total. The van der Waals surface area contributed by atoms with E-state index in [0.717, 1.165) is 38.0 Å². The largest absolute Gasteiger partial charge is 0.299 e. The van der Waals surface area contributed by atoms with Crippen molar-refractivity contribution in [3.63, 3.8) is 0 Å². The van der Waals surface area contributed by atoms with Crippen LogP contribution in [0, 0.1) is 5.92 Å². The first-order valence-electron chi connectivity index (χ1n) is 9.50. The van der Waals surface area contributed by atoms with Gasteiger partial charge >= 0.3 is 0 Å². The van der Waals surface area contributed by atoms with Crippen molar-refractivity contribution in [2.24, 2.45) is 13.0 Å². The SMILES string of the molecule is Cn1ncc(CN2CCCC(C(=O)Cc3ccccc3)C2)c1C1CC1. The van der Waals surface area contributed by atoms with Gasteiger partial charge in [0.05, 0.1) is 6.20 Å². The number of benzene rings is 1. The van der Waals surface area contributed by atoms with Gasteiger partial charge < -0.3 is 0 Å². The van der Waals surface area contributed by atoms with Crippen LogP contribution in [-0.2, 0) is 24.8 Å². The van der Waals surface area contributed by atoms with Crippen molar-refractivity contribution in [1.29, 1.82) is 0 Å². The van der Waals surface area contributed by atoms with E-state index in [9.17, 15) is 4.79 Å². The van der Waals surface area contributed by atoms with E-state index in [0.29, 0.717) is 18.1 Å². The van der Waals surface area contributed by atoms with Crippen LogP contribution < -0.4 is 0 Å². The van der Waals surface area contributed by atoms with E-state index in [1.165, 1.54) is 24.1 Å². The normalized spacial score (nSPS) is 21.4. The van der Waals surface area contributed by atoms with Gasteiger partial charge in [0, 0.05) is 49.7 Å². The zero-order valence-corrected chi connectivity index (χ0v) is 15.0. The molecule has 4 heteroatoms. The molecule has 0 spiro atoms. The van der Waals surface area contributed by atoms with E-state index in [4.69, 9.17) is 0 Å². The number of carbonyl (C=O) groups is 1. The summed E-state index contributed by atoms with van der Waals surface area (Å²) in [7, 11) is 2.06. The van der Waals surface area contributed by atoms with Crippen LogP contribution in [0.1, 0.15) is 48.4 Å². The molecule has 1 aliphatic heterocycles. The highest BCUT2D eigenvalue weighted by Gasteiger charge is 2.31. The quantitative estimate of drug-likeness (QED) is 0.811. The van der Waals surface area contributed by atoms with Crippen LogP contribution in [-0.4, -0.2) is 33.6 Å². The van der Waals surface area contributed by atoms with Crippen molar-refractivity contribution in [1.82, 2.24) is 14.7 Å². The van der Waals surface area contributed by atoms with E-state index in [-0.39, 0.29) is 5.92 Å². The highest BCUT2D eigenvalue weighted by molar-refractivity contribution is 5.83. The van der Waals surface area contributed by atoms with Crippen molar-refractivity contribution in [2.75, 3.05) is 13.1 Å². The molecule has 1 saturated carbocycles. The van der Waals surface area contributed by atoms with Crippen molar-refractivity contribution in [3.8, 4) is 0 Å². The number of carbonyl (C=O) groups excluding carboxylic acids is 1. The maximum atomic E-state index is 12.7. The van der Waals surface area contributed by atoms with Gasteiger partial charge in [0.1, 0.15) is 5.78 Å². The topological polar surface area (TPSA) is 38.1 Å². The molecule has 4 rings (SSSR count). The fourth-order valence-corrected chi connectivity index (χ4v) is 4.14. The van der Waals surface area contributed by atoms with Crippen LogP contribution in [0.3, 0.4) is 0 Å². The molecule has 25 heavy (non-hydrogen) atoms. The first-order chi connectivity index (χ1) is 12.2. The molecule has 0 N–H and O–H groups in total. The van der Waals surface area contributed by atoms with E-state index in [1.807, 2.05) is 24.4 Å². The number of Topliss-reactive ketones (excluding diaryl/α,β-unsaturated/α-hetero) is 1. The maximum absolute atomic E-state index is 12.7. The standard InChI is InChI=1S/C21H27N3O/c1-23-21(17-9-10-17)19(13-22-23)15-24-11-5-8-18(14-24)20(25)12-16-6-3-2-4-7-16/h2-4,6-7,13,17-18H,5,8-12,14-15H2,1H3. The molecule has 2 aliphatic rings. The van der Waals surface area contributed by atoms with Gasteiger partial charge in [-0.1, -0.05) is 30.3 Å². The molecular formula is C21H27N3O. The Bertz CT molecular complexity index is 733. The Morgan fingerprint density at radius 3 is 2.76 bits per heavy atom. The molecule has 2 aromatic rings. The summed E-state index contributed by atoms with van der Waals surface area (Å²) < 4.78 is 2.05. The number of hydrogen-bond acceptors (Lipinski definition) is 3. The lowest BCUT2D eigenvalue weighted by atomic mass is 9.90. The summed E-state index contributed by atoms with van der Waals surface area (Å²) in [5, 5.41) is 4.48. The van der Waals surface area contributed by atoms with E-state index >= 15 is 0 Å². The lowest BCUT2D eigenvalue weighted by Crippen LogP contribution is -2.38. The monoisotopic (exact) mass is 337 g/mol. The van der Waals surface area contributed by atoms with Crippen LogP contribution in [0.2, 0.25) is 0 Å². The highest BCUT2D eigenvalue weighted by Crippen LogP contribution is 2.41. The number of piperidine rings is 1. The first-order valence-corrected chi connectivity index (χ1v) is 9.50. The number of ketones is 1. The van der Waals surface area contributed by atoms with Crippen LogP contribution in [0.15, 0.2) is 36.5 Å². The summed E-state index contributed by atoms with van der Waals surface area (Å²) >= 11 is 0. The Morgan fingerprint density at radius 2 is 2.00 bits per heavy atom. The fourth-order valence-electron chi connectivity index (χ4n) is 4.14. The fraction of sp³-hybridized carbons (Fsp3) is 0.524. The molecule has 1 aliphatic carbocycles. The third kappa shape index (κ3) is 3.84. The molecule has 1 saturated heterocycles. The molecular weight excluding hydrogens is 310 g/mol. The van der Waals surface area contributed by atoms with Crippen LogP contribution >= 0.6 is 0 Å². The highest BCUT2D eigenvalue weighted by atomic mass is 16.1. The van der Waals surface area contributed by atoms with Gasteiger partial charge in [-0.25, -0.2) is 0 Å². The van der Waals surface area contributed by atoms with Crippen LogP contribution in [0.4, 0.5) is 0 Å². The van der Waals surface area contributed by atoms with Gasteiger partial charge in [-0.15, -0.1) is 0 Å². The van der Waals surface area contributed by atoms with E-state index < -0.39 is 0 Å². The Morgan fingerprint density at radius 1 is 1.20 bits per heavy atom. The average Bonchev–Trinajstić information content (AvgIpc) is 3.40. The summed E-state index contributed by atoms with van der Waals surface area (Å²) in [6.07, 6.45) is 7.34. The van der Waals surface area contributed by atoms with Gasteiger partial charge in [-0.3, -0.25) is 14.4 Å². The smallest absolute Gasteiger partial charge is 0.141 e. The van der Waals surface area contributed by atoms with Gasteiger partial charge in [0.25, 0.3) is 0 Å². The first kappa shape index (κ1) is 16.5. The van der Waals surface area contributed by atoms with E-state index in [2.05, 4.69) is 33.9 Å². The Balaban J connectivity index is 1.38. The molecule has 1 unspecified atom stereocenters. The van der Waals surface area contributed by atoms with Gasteiger partial charge in [0.15, 0.2) is 0 Å². The molecule has 0 bridgehead atoms. The van der Waals surface area contributed by atoms with Crippen molar-refractivity contribution in [2.45, 2.75) is 44.6 Å². The minimum Gasteiger partial charge on any atom is -0.299 e. The minimum atomic E-state index is 0.176. The second-order valence-corrected chi connectivity index (χ2v) is 7.66. The third-order valence-electron chi connectivity index (χ3n) is 5.60. The summed E-state index contributed by atoms with van der Waals surface area (Å²) in [5.74, 6) is 1.28. The van der Waals surface area contributed by atoms with Gasteiger partial charge in [-0.05, 0) is 37.8 Å². The number of likely N-dealkylation sites (tertiary alicyclic amines) is 1. The third-order valence-corrected chi connectivity index (χ3v) is 5.60. The average molecular weight is 337 g/mol. The molecule has 0 radical (unpaired) electrons. The number of aryl methyl sites for hydroxylation is 1. The summed E-state index contributed by atoms with van der Waals surface area (Å²) in [4.78, 5) is 15.2. The minimum absolute atomic E-state index is 0.176. The zero-order valence-electron chi connectivity index (χ0n) is 15.0. The second kappa shape index (κ2) is 7.12. The maximum Gasteiger partial charge on any atom is 0.141 e.